The second-order valence-electron chi connectivity index (χ2n) is 9.15. The maximum Gasteiger partial charge on any atom is 0.408 e. The molecule has 0 radical (unpaired) electrons. The van der Waals surface area contributed by atoms with Crippen LogP contribution in [0.5, 0.6) is 0 Å². The summed E-state index contributed by atoms with van der Waals surface area (Å²) in [6.07, 6.45) is 2.14. The van der Waals surface area contributed by atoms with Gasteiger partial charge in [-0.15, -0.1) is 0 Å². The van der Waals surface area contributed by atoms with E-state index in [-0.39, 0.29) is 12.1 Å². The van der Waals surface area contributed by atoms with E-state index in [4.69, 9.17) is 25.8 Å². The van der Waals surface area contributed by atoms with E-state index in [1.54, 1.807) is 23.8 Å². The van der Waals surface area contributed by atoms with E-state index in [9.17, 15) is 4.79 Å². The molecule has 1 aliphatic heterocycles. The monoisotopic (exact) mass is 491 g/mol. The molecule has 4 aliphatic rings. The maximum absolute atomic E-state index is 15.1. The van der Waals surface area contributed by atoms with Crippen molar-refractivity contribution in [3.05, 3.63) is 34.9 Å². The van der Waals surface area contributed by atoms with Crippen molar-refractivity contribution >= 4 is 35.1 Å². The lowest BCUT2D eigenvalue weighted by molar-refractivity contribution is -0.0528. The lowest BCUT2D eigenvalue weighted by Gasteiger charge is -2.61. The SMILES string of the molecule is COCc1cn2c(Nc3cc([C@@H]4OC[C@H](OC(=O)NC56CC(C5)C6)[C@@H]4F)[nH]n3)ncc(Cl)c2n1. The number of nitrogens with zero attached hydrogens (tertiary/aromatic N) is 4. The number of carbonyl (C=O) groups is 1. The molecule has 4 fully saturated rings. The molecular formula is C21H23ClFN7O4. The highest BCUT2D eigenvalue weighted by Gasteiger charge is 2.58. The molecule has 0 unspecified atom stereocenters. The van der Waals surface area contributed by atoms with Crippen molar-refractivity contribution in [3.8, 4) is 0 Å². The number of alkyl carbamates (subject to hydrolysis) is 1. The van der Waals surface area contributed by atoms with Gasteiger partial charge in [0.15, 0.2) is 23.7 Å². The topological polar surface area (TPSA) is 128 Å². The Kier molecular flexibility index (Phi) is 5.12. The first-order chi connectivity index (χ1) is 16.4. The Morgan fingerprint density at radius 1 is 1.44 bits per heavy atom. The van der Waals surface area contributed by atoms with Crippen molar-refractivity contribution in [2.45, 2.75) is 49.8 Å². The summed E-state index contributed by atoms with van der Waals surface area (Å²) in [6, 6.07) is 1.62. The van der Waals surface area contributed by atoms with Crippen LogP contribution in [-0.2, 0) is 20.8 Å². The van der Waals surface area contributed by atoms with Crippen LogP contribution in [0.4, 0.5) is 21.0 Å². The van der Waals surface area contributed by atoms with Gasteiger partial charge in [0.05, 0.1) is 30.8 Å². The Morgan fingerprint density at radius 2 is 2.26 bits per heavy atom. The van der Waals surface area contributed by atoms with E-state index >= 15 is 4.39 Å². The molecule has 3 atom stereocenters. The number of aromatic amines is 1. The van der Waals surface area contributed by atoms with Crippen LogP contribution in [-0.4, -0.2) is 62.2 Å². The fourth-order valence-electron chi connectivity index (χ4n) is 4.92. The second kappa shape index (κ2) is 8.07. The fourth-order valence-corrected chi connectivity index (χ4v) is 5.10. The zero-order valence-corrected chi connectivity index (χ0v) is 19.0. The summed E-state index contributed by atoms with van der Waals surface area (Å²) in [5.74, 6) is 1.54. The minimum absolute atomic E-state index is 0.0344. The molecule has 34 heavy (non-hydrogen) atoms. The Bertz CT molecular complexity index is 1230. The van der Waals surface area contributed by atoms with Gasteiger partial charge in [-0.05, 0) is 25.2 Å². The van der Waals surface area contributed by atoms with E-state index < -0.39 is 24.5 Å². The van der Waals surface area contributed by atoms with Gasteiger partial charge in [-0.1, -0.05) is 11.6 Å². The van der Waals surface area contributed by atoms with Crippen molar-refractivity contribution in [1.82, 2.24) is 29.9 Å². The summed E-state index contributed by atoms with van der Waals surface area (Å²) in [4.78, 5) is 20.9. The molecule has 1 amide bonds. The number of aromatic nitrogens is 5. The number of hydrogen-bond acceptors (Lipinski definition) is 8. The fraction of sp³-hybridized carbons (Fsp3) is 0.524. The van der Waals surface area contributed by atoms with Crippen molar-refractivity contribution in [2.24, 2.45) is 5.92 Å². The van der Waals surface area contributed by atoms with Crippen molar-refractivity contribution in [2.75, 3.05) is 19.0 Å². The van der Waals surface area contributed by atoms with Gasteiger partial charge in [0.2, 0.25) is 5.95 Å². The normalized spacial score (nSPS) is 29.5. The molecule has 4 heterocycles. The Morgan fingerprint density at radius 3 is 3.00 bits per heavy atom. The summed E-state index contributed by atoms with van der Waals surface area (Å²) in [6.45, 7) is 0.289. The number of methoxy groups -OCH3 is 1. The average molecular weight is 492 g/mol. The third kappa shape index (κ3) is 3.65. The minimum atomic E-state index is -1.53. The Balaban J connectivity index is 1.12. The van der Waals surface area contributed by atoms with Crippen LogP contribution in [0, 0.1) is 5.92 Å². The summed E-state index contributed by atoms with van der Waals surface area (Å²) in [5.41, 5.74) is 1.49. The number of halogens is 2. The molecule has 3 saturated carbocycles. The number of rotatable bonds is 7. The third-order valence-electron chi connectivity index (χ3n) is 6.68. The van der Waals surface area contributed by atoms with Crippen molar-refractivity contribution in [3.63, 3.8) is 0 Å². The number of nitrogens with one attached hydrogen (secondary N) is 3. The van der Waals surface area contributed by atoms with Gasteiger partial charge in [-0.25, -0.2) is 19.2 Å². The molecular weight excluding hydrogens is 469 g/mol. The number of alkyl halides is 1. The molecule has 7 rings (SSSR count). The smallest absolute Gasteiger partial charge is 0.408 e. The van der Waals surface area contributed by atoms with Gasteiger partial charge in [0, 0.05) is 24.9 Å². The molecule has 3 aromatic heterocycles. The van der Waals surface area contributed by atoms with Crippen LogP contribution < -0.4 is 10.6 Å². The molecule has 0 spiro atoms. The second-order valence-corrected chi connectivity index (χ2v) is 9.56. The van der Waals surface area contributed by atoms with E-state index in [2.05, 4.69) is 30.8 Å². The number of amides is 1. The molecule has 3 N–H and O–H groups in total. The number of anilines is 2. The van der Waals surface area contributed by atoms with Gasteiger partial charge in [-0.3, -0.25) is 9.50 Å². The zero-order chi connectivity index (χ0) is 23.4. The number of H-pyrrole nitrogens is 1. The Hall–Kier alpha value is -2.96. The quantitative estimate of drug-likeness (QED) is 0.460. The van der Waals surface area contributed by atoms with Crippen LogP contribution in [0.25, 0.3) is 5.65 Å². The molecule has 2 bridgehead atoms. The predicted octanol–water partition coefficient (Wildman–Crippen LogP) is 3.05. The highest BCUT2D eigenvalue weighted by Crippen LogP contribution is 2.57. The zero-order valence-electron chi connectivity index (χ0n) is 18.3. The minimum Gasteiger partial charge on any atom is -0.441 e. The standard InChI is InChI=1S/C21H23ClFN7O4/c1-32-8-11-7-30-18(25-11)12(22)6-24-19(30)26-15-2-13(28-29-15)17-16(23)14(9-33-17)34-20(31)27-21-3-10(4-21)5-21/h2,6-7,10,14,16-17H,3-5,8-9H2,1H3,(H,27,31)(H2,24,26,28,29)/t10?,14-,16-,17-,21?/m0/s1. The number of hydrogen-bond donors (Lipinski definition) is 3. The number of imidazole rings is 1. The molecule has 1 saturated heterocycles. The van der Waals surface area contributed by atoms with Crippen LogP contribution in [0.2, 0.25) is 5.02 Å². The lowest BCUT2D eigenvalue weighted by atomic mass is 9.50. The van der Waals surface area contributed by atoms with Gasteiger partial charge in [0.1, 0.15) is 11.1 Å². The maximum atomic E-state index is 15.1. The van der Waals surface area contributed by atoms with Gasteiger partial charge < -0.3 is 24.8 Å². The van der Waals surface area contributed by atoms with Gasteiger partial charge in [0.25, 0.3) is 0 Å². The largest absolute Gasteiger partial charge is 0.441 e. The molecule has 0 aromatic carbocycles. The summed E-state index contributed by atoms with van der Waals surface area (Å²) < 4.78 is 32.8. The molecule has 3 aliphatic carbocycles. The number of ether oxygens (including phenoxy) is 3. The lowest BCUT2D eigenvalue weighted by Crippen LogP contribution is -2.68. The third-order valence-corrected chi connectivity index (χ3v) is 6.95. The summed E-state index contributed by atoms with van der Waals surface area (Å²) in [7, 11) is 1.58. The van der Waals surface area contributed by atoms with E-state index in [0.717, 1.165) is 25.2 Å². The van der Waals surface area contributed by atoms with Crippen molar-refractivity contribution in [1.29, 1.82) is 0 Å². The van der Waals surface area contributed by atoms with Crippen LogP contribution in [0.15, 0.2) is 18.5 Å². The highest BCUT2D eigenvalue weighted by atomic mass is 35.5. The average Bonchev–Trinajstić information content (AvgIpc) is 3.47. The number of carbonyl (C=O) groups excluding carboxylic acids is 1. The first-order valence-electron chi connectivity index (χ1n) is 11.0. The first-order valence-corrected chi connectivity index (χ1v) is 11.4. The van der Waals surface area contributed by atoms with Crippen LogP contribution >= 0.6 is 11.6 Å². The molecule has 11 nitrogen and oxygen atoms in total. The first kappa shape index (κ1) is 21.6. The molecule has 13 heteroatoms. The van der Waals surface area contributed by atoms with Gasteiger partial charge in [-0.2, -0.15) is 5.10 Å². The van der Waals surface area contributed by atoms with E-state index in [0.29, 0.717) is 40.4 Å². The van der Waals surface area contributed by atoms with Crippen LogP contribution in [0.3, 0.4) is 0 Å². The molecule has 3 aromatic rings. The highest BCUT2D eigenvalue weighted by molar-refractivity contribution is 6.33. The van der Waals surface area contributed by atoms with Gasteiger partial charge >= 0.3 is 6.09 Å². The van der Waals surface area contributed by atoms with Crippen LogP contribution in [0.1, 0.15) is 36.8 Å². The number of fused-ring (bicyclic) bond motifs is 1. The predicted molar refractivity (Wildman–Crippen MR) is 118 cm³/mol. The molecule has 180 valence electrons. The van der Waals surface area contributed by atoms with E-state index in [1.165, 1.54) is 6.20 Å². The summed E-state index contributed by atoms with van der Waals surface area (Å²) >= 11 is 6.22. The van der Waals surface area contributed by atoms with Crippen molar-refractivity contribution < 1.29 is 23.4 Å². The summed E-state index contributed by atoms with van der Waals surface area (Å²) in [5, 5.41) is 13.3. The van der Waals surface area contributed by atoms with E-state index in [1.807, 2.05) is 0 Å². The Labute approximate surface area is 198 Å².